The van der Waals surface area contributed by atoms with E-state index in [1.165, 1.54) is 0 Å². The van der Waals surface area contributed by atoms with Crippen LogP contribution in [-0.4, -0.2) is 5.11 Å². The van der Waals surface area contributed by atoms with Crippen molar-refractivity contribution in [1.29, 1.82) is 0 Å². The first-order chi connectivity index (χ1) is 7.23. The summed E-state index contributed by atoms with van der Waals surface area (Å²) < 4.78 is 0. The Morgan fingerprint density at radius 2 is 2.00 bits per heavy atom. The van der Waals surface area contributed by atoms with Crippen molar-refractivity contribution in [3.63, 3.8) is 0 Å². The Morgan fingerprint density at radius 1 is 1.33 bits per heavy atom. The van der Waals surface area contributed by atoms with Crippen LogP contribution >= 0.6 is 0 Å². The van der Waals surface area contributed by atoms with Gasteiger partial charge in [-0.15, -0.1) is 0 Å². The van der Waals surface area contributed by atoms with E-state index in [0.717, 1.165) is 12.0 Å². The van der Waals surface area contributed by atoms with Gasteiger partial charge in [0, 0.05) is 0 Å². The molecule has 1 atom stereocenters. The van der Waals surface area contributed by atoms with Gasteiger partial charge in [0.25, 0.3) is 0 Å². The molecule has 0 saturated carbocycles. The molecule has 0 spiro atoms. The maximum atomic E-state index is 10.4. The average Bonchev–Trinajstić information content (AvgIpc) is 2.30. The molecule has 0 saturated heterocycles. The zero-order valence-electron chi connectivity index (χ0n) is 9.19. The third kappa shape index (κ3) is 3.07. The molecule has 0 radical (unpaired) electrons. The second kappa shape index (κ2) is 5.52. The van der Waals surface area contributed by atoms with Crippen LogP contribution < -0.4 is 0 Å². The lowest BCUT2D eigenvalue weighted by Crippen LogP contribution is -2.22. The van der Waals surface area contributed by atoms with E-state index < -0.39 is 5.60 Å². The number of aliphatic hydroxyl groups is 1. The summed E-state index contributed by atoms with van der Waals surface area (Å²) in [4.78, 5) is 0. The summed E-state index contributed by atoms with van der Waals surface area (Å²) in [6.45, 7) is 5.70. The number of allylic oxidation sites excluding steroid dienone is 2. The first-order valence-electron chi connectivity index (χ1n) is 5.25. The van der Waals surface area contributed by atoms with Crippen molar-refractivity contribution < 1.29 is 5.11 Å². The Kier molecular flexibility index (Phi) is 4.32. The molecule has 15 heavy (non-hydrogen) atoms. The summed E-state index contributed by atoms with van der Waals surface area (Å²) in [6.07, 6.45) is 7.19. The van der Waals surface area contributed by atoms with E-state index in [4.69, 9.17) is 0 Å². The molecule has 80 valence electrons. The SMILES string of the molecule is C=CC(O)(CCC=CC)c1ccccc1. The van der Waals surface area contributed by atoms with Gasteiger partial charge in [0.15, 0.2) is 0 Å². The highest BCUT2D eigenvalue weighted by atomic mass is 16.3. The van der Waals surface area contributed by atoms with E-state index in [1.54, 1.807) is 6.08 Å². The normalized spacial score (nSPS) is 15.1. The number of hydrogen-bond donors (Lipinski definition) is 1. The summed E-state index contributed by atoms with van der Waals surface area (Å²) in [5.41, 5.74) is 0.00493. The molecule has 0 aromatic heterocycles. The fourth-order valence-electron chi connectivity index (χ4n) is 1.56. The zero-order chi connectivity index (χ0) is 11.1. The minimum Gasteiger partial charge on any atom is -0.381 e. The van der Waals surface area contributed by atoms with Crippen LogP contribution in [0.1, 0.15) is 25.3 Å². The van der Waals surface area contributed by atoms with Crippen LogP contribution in [0.25, 0.3) is 0 Å². The third-order valence-corrected chi connectivity index (χ3v) is 2.54. The second-order valence-electron chi connectivity index (χ2n) is 3.60. The van der Waals surface area contributed by atoms with Gasteiger partial charge in [0.2, 0.25) is 0 Å². The number of hydrogen-bond acceptors (Lipinski definition) is 1. The van der Waals surface area contributed by atoms with Gasteiger partial charge in [-0.05, 0) is 25.3 Å². The first-order valence-corrected chi connectivity index (χ1v) is 5.25. The molecule has 1 unspecified atom stereocenters. The van der Waals surface area contributed by atoms with Crippen LogP contribution in [0.4, 0.5) is 0 Å². The summed E-state index contributed by atoms with van der Waals surface area (Å²) in [6, 6.07) is 9.66. The van der Waals surface area contributed by atoms with Gasteiger partial charge >= 0.3 is 0 Å². The number of rotatable bonds is 5. The zero-order valence-corrected chi connectivity index (χ0v) is 9.19. The highest BCUT2D eigenvalue weighted by Gasteiger charge is 2.23. The van der Waals surface area contributed by atoms with Crippen molar-refractivity contribution >= 4 is 0 Å². The standard InChI is InChI=1S/C14H18O/c1-3-5-9-12-14(15,4-2)13-10-7-6-8-11-13/h3-8,10-11,15H,2,9,12H2,1H3. The molecule has 0 heterocycles. The lowest BCUT2D eigenvalue weighted by atomic mass is 9.89. The van der Waals surface area contributed by atoms with E-state index in [1.807, 2.05) is 43.3 Å². The van der Waals surface area contributed by atoms with Gasteiger partial charge in [-0.3, -0.25) is 0 Å². The summed E-state index contributed by atoms with van der Waals surface area (Å²) in [5.74, 6) is 0. The quantitative estimate of drug-likeness (QED) is 0.725. The smallest absolute Gasteiger partial charge is 0.108 e. The Balaban J connectivity index is 2.80. The molecule has 1 aromatic carbocycles. The highest BCUT2D eigenvalue weighted by molar-refractivity contribution is 5.26. The van der Waals surface area contributed by atoms with Crippen LogP contribution in [0.15, 0.2) is 55.1 Å². The van der Waals surface area contributed by atoms with Gasteiger partial charge in [-0.2, -0.15) is 0 Å². The van der Waals surface area contributed by atoms with Crippen LogP contribution in [0.5, 0.6) is 0 Å². The summed E-state index contributed by atoms with van der Waals surface area (Å²) in [5, 5.41) is 10.4. The van der Waals surface area contributed by atoms with Gasteiger partial charge in [-0.25, -0.2) is 0 Å². The maximum Gasteiger partial charge on any atom is 0.108 e. The Morgan fingerprint density at radius 3 is 2.53 bits per heavy atom. The lowest BCUT2D eigenvalue weighted by molar-refractivity contribution is 0.0811. The fourth-order valence-corrected chi connectivity index (χ4v) is 1.56. The third-order valence-electron chi connectivity index (χ3n) is 2.54. The van der Waals surface area contributed by atoms with Crippen LogP contribution in [0, 0.1) is 0 Å². The minimum atomic E-state index is -0.902. The largest absolute Gasteiger partial charge is 0.381 e. The first kappa shape index (κ1) is 11.7. The Labute approximate surface area is 91.8 Å². The molecule has 0 aliphatic carbocycles. The Bertz CT molecular complexity index is 326. The van der Waals surface area contributed by atoms with Crippen molar-refractivity contribution in [2.24, 2.45) is 0 Å². The fraction of sp³-hybridized carbons (Fsp3) is 0.286. The van der Waals surface area contributed by atoms with Crippen LogP contribution in [-0.2, 0) is 5.60 Å². The molecule has 0 fully saturated rings. The maximum absolute atomic E-state index is 10.4. The van der Waals surface area contributed by atoms with Gasteiger partial charge in [0.05, 0.1) is 0 Å². The minimum absolute atomic E-state index is 0.671. The predicted molar refractivity (Wildman–Crippen MR) is 64.6 cm³/mol. The summed E-state index contributed by atoms with van der Waals surface area (Å²) >= 11 is 0. The van der Waals surface area contributed by atoms with Gasteiger partial charge in [0.1, 0.15) is 5.60 Å². The molecule has 1 aromatic rings. The summed E-state index contributed by atoms with van der Waals surface area (Å²) in [7, 11) is 0. The van der Waals surface area contributed by atoms with E-state index in [9.17, 15) is 5.11 Å². The molecule has 0 aliphatic rings. The van der Waals surface area contributed by atoms with E-state index >= 15 is 0 Å². The highest BCUT2D eigenvalue weighted by Crippen LogP contribution is 2.27. The van der Waals surface area contributed by atoms with E-state index in [0.29, 0.717) is 6.42 Å². The topological polar surface area (TPSA) is 20.2 Å². The van der Waals surface area contributed by atoms with Crippen molar-refractivity contribution in [3.8, 4) is 0 Å². The van der Waals surface area contributed by atoms with Crippen LogP contribution in [0.3, 0.4) is 0 Å². The van der Waals surface area contributed by atoms with Gasteiger partial charge < -0.3 is 5.11 Å². The Hall–Kier alpha value is -1.34. The number of benzene rings is 1. The van der Waals surface area contributed by atoms with E-state index in [-0.39, 0.29) is 0 Å². The molecule has 1 heteroatoms. The molecule has 1 rings (SSSR count). The second-order valence-corrected chi connectivity index (χ2v) is 3.60. The lowest BCUT2D eigenvalue weighted by Gasteiger charge is -2.24. The molecule has 1 N–H and O–H groups in total. The van der Waals surface area contributed by atoms with Crippen molar-refractivity contribution in [2.75, 3.05) is 0 Å². The molecule has 0 aliphatic heterocycles. The monoisotopic (exact) mass is 202 g/mol. The molecule has 0 bridgehead atoms. The predicted octanol–water partition coefficient (Wildman–Crippen LogP) is 3.42. The average molecular weight is 202 g/mol. The van der Waals surface area contributed by atoms with Crippen molar-refractivity contribution in [1.82, 2.24) is 0 Å². The van der Waals surface area contributed by atoms with Crippen LogP contribution in [0.2, 0.25) is 0 Å². The van der Waals surface area contributed by atoms with E-state index in [2.05, 4.69) is 12.7 Å². The molecule has 0 amide bonds. The van der Waals surface area contributed by atoms with Crippen molar-refractivity contribution in [3.05, 3.63) is 60.7 Å². The van der Waals surface area contributed by atoms with Crippen molar-refractivity contribution in [2.45, 2.75) is 25.4 Å². The van der Waals surface area contributed by atoms with Gasteiger partial charge in [-0.1, -0.05) is 55.1 Å². The molecular formula is C14H18O. The molecular weight excluding hydrogens is 184 g/mol. The molecule has 1 nitrogen and oxygen atoms in total.